The number of nitrogens with zero attached hydrogens (tertiary/aromatic N) is 2. The van der Waals surface area contributed by atoms with Crippen LogP contribution in [0.15, 0.2) is 10.6 Å². The van der Waals surface area contributed by atoms with Crippen molar-refractivity contribution in [1.82, 2.24) is 10.1 Å². The second kappa shape index (κ2) is 4.87. The molecule has 5 nitrogen and oxygen atoms in total. The minimum Gasteiger partial charge on any atom is -0.468 e. The van der Waals surface area contributed by atoms with E-state index in [1.165, 1.54) is 7.11 Å². The molecule has 1 heterocycles. The van der Waals surface area contributed by atoms with E-state index in [0.29, 0.717) is 12.6 Å². The summed E-state index contributed by atoms with van der Waals surface area (Å²) in [5.41, 5.74) is 0.866. The fourth-order valence-corrected chi connectivity index (χ4v) is 1.97. The minimum absolute atomic E-state index is 0.197. The maximum atomic E-state index is 11.6. The lowest BCUT2D eigenvalue weighted by atomic mass is 10.2. The van der Waals surface area contributed by atoms with E-state index in [4.69, 9.17) is 9.26 Å². The fourth-order valence-electron chi connectivity index (χ4n) is 1.97. The standard InChI is InChI=1S/C12H18N2O3/c1-8-6-10(13-17-8)7-14(11-4-5-11)9(2)12(15)16-3/h6,9,11H,4-5,7H2,1-3H3/t9-/m0/s1. The summed E-state index contributed by atoms with van der Waals surface area (Å²) in [6.07, 6.45) is 2.27. The van der Waals surface area contributed by atoms with Crippen molar-refractivity contribution in [3.63, 3.8) is 0 Å². The topological polar surface area (TPSA) is 55.6 Å². The number of hydrogen-bond donors (Lipinski definition) is 0. The monoisotopic (exact) mass is 238 g/mol. The molecule has 0 aromatic carbocycles. The van der Waals surface area contributed by atoms with Gasteiger partial charge in [0.25, 0.3) is 0 Å². The summed E-state index contributed by atoms with van der Waals surface area (Å²) in [7, 11) is 1.42. The Hall–Kier alpha value is -1.36. The van der Waals surface area contributed by atoms with Crippen LogP contribution in [0.25, 0.3) is 0 Å². The molecule has 17 heavy (non-hydrogen) atoms. The number of esters is 1. The average Bonchev–Trinajstić information content (AvgIpc) is 3.08. The van der Waals surface area contributed by atoms with Gasteiger partial charge in [-0.2, -0.15) is 0 Å². The van der Waals surface area contributed by atoms with Gasteiger partial charge in [0.05, 0.1) is 12.8 Å². The van der Waals surface area contributed by atoms with Crippen LogP contribution in [0.5, 0.6) is 0 Å². The molecule has 0 radical (unpaired) electrons. The van der Waals surface area contributed by atoms with E-state index in [1.54, 1.807) is 0 Å². The summed E-state index contributed by atoms with van der Waals surface area (Å²) < 4.78 is 9.83. The third-order valence-corrected chi connectivity index (χ3v) is 3.08. The van der Waals surface area contributed by atoms with Crippen LogP contribution in [0.1, 0.15) is 31.2 Å². The van der Waals surface area contributed by atoms with E-state index in [-0.39, 0.29) is 12.0 Å². The molecule has 1 saturated carbocycles. The van der Waals surface area contributed by atoms with Crippen molar-refractivity contribution in [2.45, 2.75) is 45.3 Å². The molecule has 5 heteroatoms. The van der Waals surface area contributed by atoms with Crippen LogP contribution in [0.2, 0.25) is 0 Å². The van der Waals surface area contributed by atoms with Gasteiger partial charge in [0.1, 0.15) is 11.8 Å². The third-order valence-electron chi connectivity index (χ3n) is 3.08. The third kappa shape index (κ3) is 2.85. The molecule has 1 aliphatic carbocycles. The van der Waals surface area contributed by atoms with Crippen LogP contribution in [0.4, 0.5) is 0 Å². The number of carbonyl (C=O) groups excluding carboxylic acids is 1. The van der Waals surface area contributed by atoms with Gasteiger partial charge in [0.2, 0.25) is 0 Å². The molecule has 1 aliphatic rings. The number of carbonyl (C=O) groups is 1. The largest absolute Gasteiger partial charge is 0.468 e. The van der Waals surface area contributed by atoms with Crippen LogP contribution >= 0.6 is 0 Å². The molecule has 1 atom stereocenters. The van der Waals surface area contributed by atoms with E-state index >= 15 is 0 Å². The number of aromatic nitrogens is 1. The molecule has 1 aromatic rings. The zero-order valence-electron chi connectivity index (χ0n) is 10.5. The molecule has 0 N–H and O–H groups in total. The van der Waals surface area contributed by atoms with Crippen molar-refractivity contribution >= 4 is 5.97 Å². The fraction of sp³-hybridized carbons (Fsp3) is 0.667. The molecular weight excluding hydrogens is 220 g/mol. The highest BCUT2D eigenvalue weighted by Crippen LogP contribution is 2.30. The summed E-state index contributed by atoms with van der Waals surface area (Å²) in [5, 5.41) is 3.96. The van der Waals surface area contributed by atoms with Gasteiger partial charge in [0, 0.05) is 18.7 Å². The SMILES string of the molecule is COC(=O)[C@H](C)N(Cc1cc(C)on1)C1CC1. The molecule has 94 valence electrons. The van der Waals surface area contributed by atoms with Gasteiger partial charge in [-0.1, -0.05) is 5.16 Å². The van der Waals surface area contributed by atoms with E-state index < -0.39 is 0 Å². The Labute approximate surface area is 101 Å². The predicted molar refractivity (Wildman–Crippen MR) is 61.3 cm³/mol. The zero-order valence-corrected chi connectivity index (χ0v) is 10.5. The molecule has 0 spiro atoms. The predicted octanol–water partition coefficient (Wildman–Crippen LogP) is 1.51. The molecule has 2 rings (SSSR count). The summed E-state index contributed by atoms with van der Waals surface area (Å²) in [6, 6.07) is 2.14. The molecule has 0 amide bonds. The van der Waals surface area contributed by atoms with Crippen molar-refractivity contribution in [3.8, 4) is 0 Å². The highest BCUT2D eigenvalue weighted by molar-refractivity contribution is 5.75. The summed E-state index contributed by atoms with van der Waals surface area (Å²) in [4.78, 5) is 13.7. The normalized spacial score (nSPS) is 17.2. The van der Waals surface area contributed by atoms with Crippen molar-refractivity contribution in [3.05, 3.63) is 17.5 Å². The number of aryl methyl sites for hydroxylation is 1. The molecule has 0 aliphatic heterocycles. The van der Waals surface area contributed by atoms with Gasteiger partial charge in [-0.05, 0) is 26.7 Å². The molecule has 0 unspecified atom stereocenters. The quantitative estimate of drug-likeness (QED) is 0.728. The summed E-state index contributed by atoms with van der Waals surface area (Å²) >= 11 is 0. The Morgan fingerprint density at radius 1 is 1.71 bits per heavy atom. The van der Waals surface area contributed by atoms with E-state index in [9.17, 15) is 4.79 Å². The molecule has 0 bridgehead atoms. The van der Waals surface area contributed by atoms with Crippen LogP contribution in [-0.4, -0.2) is 35.2 Å². The van der Waals surface area contributed by atoms with Crippen LogP contribution in [-0.2, 0) is 16.1 Å². The first-order chi connectivity index (χ1) is 8.11. The second-order valence-electron chi connectivity index (χ2n) is 4.53. The number of methoxy groups -OCH3 is 1. The maximum absolute atomic E-state index is 11.6. The number of hydrogen-bond acceptors (Lipinski definition) is 5. The van der Waals surface area contributed by atoms with Crippen LogP contribution in [0, 0.1) is 6.92 Å². The Kier molecular flexibility index (Phi) is 3.47. The molecule has 0 saturated heterocycles. The summed E-state index contributed by atoms with van der Waals surface area (Å²) in [5.74, 6) is 0.596. The van der Waals surface area contributed by atoms with Crippen molar-refractivity contribution < 1.29 is 14.1 Å². The lowest BCUT2D eigenvalue weighted by molar-refractivity contribution is -0.146. The van der Waals surface area contributed by atoms with Gasteiger partial charge in [-0.3, -0.25) is 9.69 Å². The zero-order chi connectivity index (χ0) is 12.4. The van der Waals surface area contributed by atoms with E-state index in [2.05, 4.69) is 10.1 Å². The van der Waals surface area contributed by atoms with Crippen molar-refractivity contribution in [2.24, 2.45) is 0 Å². The Morgan fingerprint density at radius 3 is 2.88 bits per heavy atom. The van der Waals surface area contributed by atoms with Crippen LogP contribution in [0.3, 0.4) is 0 Å². The first kappa shape index (κ1) is 12.1. The van der Waals surface area contributed by atoms with Gasteiger partial charge >= 0.3 is 5.97 Å². The van der Waals surface area contributed by atoms with Crippen molar-refractivity contribution in [2.75, 3.05) is 7.11 Å². The molecular formula is C12H18N2O3. The lowest BCUT2D eigenvalue weighted by Crippen LogP contribution is -2.40. The maximum Gasteiger partial charge on any atom is 0.322 e. The highest BCUT2D eigenvalue weighted by atomic mass is 16.5. The average molecular weight is 238 g/mol. The number of rotatable bonds is 5. The number of ether oxygens (including phenoxy) is 1. The first-order valence-corrected chi connectivity index (χ1v) is 5.87. The van der Waals surface area contributed by atoms with Gasteiger partial charge < -0.3 is 9.26 Å². The van der Waals surface area contributed by atoms with E-state index in [1.807, 2.05) is 19.9 Å². The highest BCUT2D eigenvalue weighted by Gasteiger charge is 2.35. The smallest absolute Gasteiger partial charge is 0.322 e. The first-order valence-electron chi connectivity index (χ1n) is 5.87. The Balaban J connectivity index is 2.04. The summed E-state index contributed by atoms with van der Waals surface area (Å²) in [6.45, 7) is 4.37. The van der Waals surface area contributed by atoms with Gasteiger partial charge in [-0.25, -0.2) is 0 Å². The Bertz CT molecular complexity index is 398. The Morgan fingerprint density at radius 2 is 2.41 bits per heavy atom. The molecule has 1 fully saturated rings. The second-order valence-corrected chi connectivity index (χ2v) is 4.53. The lowest BCUT2D eigenvalue weighted by Gasteiger charge is -2.25. The van der Waals surface area contributed by atoms with Gasteiger partial charge in [-0.15, -0.1) is 0 Å². The van der Waals surface area contributed by atoms with Crippen molar-refractivity contribution in [1.29, 1.82) is 0 Å². The molecule has 1 aromatic heterocycles. The van der Waals surface area contributed by atoms with Crippen LogP contribution < -0.4 is 0 Å². The minimum atomic E-state index is -0.232. The van der Waals surface area contributed by atoms with Gasteiger partial charge in [0.15, 0.2) is 0 Å². The van der Waals surface area contributed by atoms with E-state index in [0.717, 1.165) is 24.3 Å².